The van der Waals surface area contributed by atoms with Gasteiger partial charge < -0.3 is 0 Å². The van der Waals surface area contributed by atoms with Crippen molar-refractivity contribution in [2.75, 3.05) is 0 Å². The van der Waals surface area contributed by atoms with Gasteiger partial charge in [-0.3, -0.25) is 4.79 Å². The third-order valence-electron chi connectivity index (χ3n) is 3.26. The summed E-state index contributed by atoms with van der Waals surface area (Å²) in [6.45, 7) is 6.41. The van der Waals surface area contributed by atoms with E-state index in [1.54, 1.807) is 18.3 Å². The summed E-state index contributed by atoms with van der Waals surface area (Å²) in [6.07, 6.45) is 1.58. The van der Waals surface area contributed by atoms with Crippen molar-refractivity contribution < 1.29 is 4.79 Å². The van der Waals surface area contributed by atoms with Crippen molar-refractivity contribution in [1.29, 1.82) is 0 Å². The number of amides is 1. The molecular formula is C18H19ClN2O. The van der Waals surface area contributed by atoms with E-state index in [-0.39, 0.29) is 11.3 Å². The van der Waals surface area contributed by atoms with Crippen LogP contribution in [0.2, 0.25) is 5.02 Å². The summed E-state index contributed by atoms with van der Waals surface area (Å²) in [6, 6.07) is 14.8. The van der Waals surface area contributed by atoms with Gasteiger partial charge in [0, 0.05) is 10.6 Å². The molecule has 0 radical (unpaired) electrons. The monoisotopic (exact) mass is 314 g/mol. The first-order valence-corrected chi connectivity index (χ1v) is 7.43. The Balaban J connectivity index is 1.99. The molecule has 0 saturated carbocycles. The van der Waals surface area contributed by atoms with E-state index in [4.69, 9.17) is 11.6 Å². The van der Waals surface area contributed by atoms with Gasteiger partial charge in [0.1, 0.15) is 0 Å². The van der Waals surface area contributed by atoms with Gasteiger partial charge in [0.2, 0.25) is 0 Å². The Morgan fingerprint density at radius 2 is 1.64 bits per heavy atom. The van der Waals surface area contributed by atoms with Gasteiger partial charge in [-0.2, -0.15) is 5.10 Å². The third kappa shape index (κ3) is 4.43. The van der Waals surface area contributed by atoms with E-state index in [0.29, 0.717) is 10.6 Å². The summed E-state index contributed by atoms with van der Waals surface area (Å²) in [5, 5.41) is 4.62. The van der Waals surface area contributed by atoms with Crippen LogP contribution in [0.15, 0.2) is 53.6 Å². The van der Waals surface area contributed by atoms with Crippen molar-refractivity contribution in [2.24, 2.45) is 5.10 Å². The maximum absolute atomic E-state index is 12.0. The van der Waals surface area contributed by atoms with Crippen LogP contribution in [0.1, 0.15) is 42.3 Å². The van der Waals surface area contributed by atoms with Gasteiger partial charge in [-0.05, 0) is 40.8 Å². The van der Waals surface area contributed by atoms with Crippen molar-refractivity contribution in [3.8, 4) is 0 Å². The molecule has 1 N–H and O–H groups in total. The lowest BCUT2D eigenvalue weighted by molar-refractivity contribution is 0.0955. The Hall–Kier alpha value is -2.13. The predicted octanol–water partition coefficient (Wildman–Crippen LogP) is 4.40. The Kier molecular flexibility index (Phi) is 4.99. The number of hydrogen-bond acceptors (Lipinski definition) is 2. The van der Waals surface area contributed by atoms with Crippen LogP contribution in [0.4, 0.5) is 0 Å². The summed E-state index contributed by atoms with van der Waals surface area (Å²) in [5.41, 5.74) is 5.23. The van der Waals surface area contributed by atoms with Gasteiger partial charge in [-0.15, -0.1) is 0 Å². The summed E-state index contributed by atoms with van der Waals surface area (Å²) in [4.78, 5) is 12.0. The molecule has 0 saturated heterocycles. The summed E-state index contributed by atoms with van der Waals surface area (Å²) in [5.74, 6) is -0.231. The largest absolute Gasteiger partial charge is 0.271 e. The molecule has 0 aliphatic heterocycles. The number of benzene rings is 2. The van der Waals surface area contributed by atoms with Crippen LogP contribution in [0, 0.1) is 0 Å². The highest BCUT2D eigenvalue weighted by Gasteiger charge is 2.14. The highest BCUT2D eigenvalue weighted by atomic mass is 35.5. The normalized spacial score (nSPS) is 11.6. The number of carbonyl (C=O) groups excluding carboxylic acids is 1. The molecule has 22 heavy (non-hydrogen) atoms. The molecule has 2 rings (SSSR count). The fraction of sp³-hybridized carbons (Fsp3) is 0.222. The number of carbonyl (C=O) groups is 1. The Bertz CT molecular complexity index is 668. The van der Waals surface area contributed by atoms with E-state index < -0.39 is 0 Å². The molecule has 3 nitrogen and oxygen atoms in total. The molecule has 0 bridgehead atoms. The molecule has 0 aliphatic rings. The average Bonchev–Trinajstić information content (AvgIpc) is 2.48. The maximum Gasteiger partial charge on any atom is 0.271 e. The summed E-state index contributed by atoms with van der Waals surface area (Å²) in [7, 11) is 0. The van der Waals surface area contributed by atoms with Crippen LogP contribution in [0.5, 0.6) is 0 Å². The lowest BCUT2D eigenvalue weighted by atomic mass is 9.87. The topological polar surface area (TPSA) is 41.5 Å². The summed E-state index contributed by atoms with van der Waals surface area (Å²) < 4.78 is 0. The molecule has 0 heterocycles. The second-order valence-corrected chi connectivity index (χ2v) is 6.51. The minimum Gasteiger partial charge on any atom is -0.267 e. The van der Waals surface area contributed by atoms with Crippen molar-refractivity contribution in [3.05, 3.63) is 70.2 Å². The maximum atomic E-state index is 12.0. The molecule has 2 aromatic carbocycles. The summed E-state index contributed by atoms with van der Waals surface area (Å²) >= 11 is 5.81. The highest BCUT2D eigenvalue weighted by molar-refractivity contribution is 6.30. The zero-order valence-corrected chi connectivity index (χ0v) is 13.7. The van der Waals surface area contributed by atoms with Crippen LogP contribution in [0.25, 0.3) is 0 Å². The van der Waals surface area contributed by atoms with Crippen LogP contribution in [0.3, 0.4) is 0 Å². The van der Waals surface area contributed by atoms with Crippen LogP contribution >= 0.6 is 11.6 Å². The quantitative estimate of drug-likeness (QED) is 0.662. The fourth-order valence-corrected chi connectivity index (χ4v) is 2.03. The molecule has 0 atom stereocenters. The van der Waals surface area contributed by atoms with Crippen molar-refractivity contribution in [1.82, 2.24) is 5.43 Å². The van der Waals surface area contributed by atoms with Gasteiger partial charge >= 0.3 is 0 Å². The second kappa shape index (κ2) is 6.75. The predicted molar refractivity (Wildman–Crippen MR) is 91.7 cm³/mol. The standard InChI is InChI=1S/C18H19ClN2O/c1-18(2,3)15-8-6-14(7-9-15)17(22)21-20-12-13-4-10-16(19)11-5-13/h4-12H,1-3H3,(H,21,22). The molecule has 1 amide bonds. The first kappa shape index (κ1) is 16.2. The number of nitrogens with zero attached hydrogens (tertiary/aromatic N) is 1. The van der Waals surface area contributed by atoms with Crippen molar-refractivity contribution in [3.63, 3.8) is 0 Å². The number of rotatable bonds is 3. The number of hydrogen-bond donors (Lipinski definition) is 1. The van der Waals surface area contributed by atoms with Crippen LogP contribution in [-0.2, 0) is 5.41 Å². The first-order chi connectivity index (χ1) is 10.4. The van der Waals surface area contributed by atoms with E-state index in [9.17, 15) is 4.79 Å². The van der Waals surface area contributed by atoms with Gasteiger partial charge in [0.25, 0.3) is 5.91 Å². The molecular weight excluding hydrogens is 296 g/mol. The molecule has 0 fully saturated rings. The van der Waals surface area contributed by atoms with Gasteiger partial charge in [-0.25, -0.2) is 5.43 Å². The van der Waals surface area contributed by atoms with E-state index in [0.717, 1.165) is 5.56 Å². The van der Waals surface area contributed by atoms with Crippen LogP contribution < -0.4 is 5.43 Å². The molecule has 4 heteroatoms. The molecule has 0 aliphatic carbocycles. The van der Waals surface area contributed by atoms with E-state index in [1.807, 2.05) is 36.4 Å². The third-order valence-corrected chi connectivity index (χ3v) is 3.51. The SMILES string of the molecule is CC(C)(C)c1ccc(C(=O)NN=Cc2ccc(Cl)cc2)cc1. The smallest absolute Gasteiger partial charge is 0.267 e. The van der Waals surface area contributed by atoms with E-state index >= 15 is 0 Å². The van der Waals surface area contributed by atoms with E-state index in [2.05, 4.69) is 31.3 Å². The Morgan fingerprint density at radius 1 is 1.05 bits per heavy atom. The number of halogens is 1. The lowest BCUT2D eigenvalue weighted by Gasteiger charge is -2.18. The molecule has 0 aromatic heterocycles. The molecule has 114 valence electrons. The zero-order valence-electron chi connectivity index (χ0n) is 12.9. The molecule has 0 unspecified atom stereocenters. The van der Waals surface area contributed by atoms with Crippen molar-refractivity contribution in [2.45, 2.75) is 26.2 Å². The fourth-order valence-electron chi connectivity index (χ4n) is 1.90. The molecule has 2 aromatic rings. The van der Waals surface area contributed by atoms with Gasteiger partial charge in [0.05, 0.1) is 6.21 Å². The van der Waals surface area contributed by atoms with Crippen molar-refractivity contribution >= 4 is 23.7 Å². The van der Waals surface area contributed by atoms with Gasteiger partial charge in [0.15, 0.2) is 0 Å². The second-order valence-electron chi connectivity index (χ2n) is 6.08. The van der Waals surface area contributed by atoms with Crippen LogP contribution in [-0.4, -0.2) is 12.1 Å². The van der Waals surface area contributed by atoms with Gasteiger partial charge in [-0.1, -0.05) is 56.6 Å². The lowest BCUT2D eigenvalue weighted by Crippen LogP contribution is -2.18. The number of nitrogens with one attached hydrogen (secondary N) is 1. The highest BCUT2D eigenvalue weighted by Crippen LogP contribution is 2.22. The van der Waals surface area contributed by atoms with E-state index in [1.165, 1.54) is 5.56 Å². The zero-order chi connectivity index (χ0) is 16.2. The Morgan fingerprint density at radius 3 is 2.18 bits per heavy atom. The molecule has 0 spiro atoms. The minimum atomic E-state index is -0.231. The Labute approximate surface area is 136 Å². The minimum absolute atomic E-state index is 0.0712. The first-order valence-electron chi connectivity index (χ1n) is 7.06. The average molecular weight is 315 g/mol. The number of hydrazone groups is 1.